The number of carbonyl (C=O) groups is 1. The molecule has 1 fully saturated rings. The van der Waals surface area contributed by atoms with Crippen molar-refractivity contribution < 1.29 is 9.18 Å². The maximum Gasteiger partial charge on any atom is 0.253 e. The molecule has 1 N–H and O–H groups in total. The third kappa shape index (κ3) is 3.39. The number of nitrogens with zero attached hydrogens (tertiary/aromatic N) is 3. The fourth-order valence-corrected chi connectivity index (χ4v) is 4.08. The minimum absolute atomic E-state index is 0.0486. The molecule has 3 aromatic rings. The van der Waals surface area contributed by atoms with Crippen molar-refractivity contribution in [3.8, 4) is 10.6 Å². The molecule has 1 aliphatic heterocycles. The van der Waals surface area contributed by atoms with Crippen LogP contribution in [0.5, 0.6) is 0 Å². The van der Waals surface area contributed by atoms with Crippen LogP contribution >= 0.6 is 11.3 Å². The van der Waals surface area contributed by atoms with Crippen LogP contribution in [0, 0.1) is 12.7 Å². The molecule has 2 aromatic heterocycles. The molecule has 26 heavy (non-hydrogen) atoms. The van der Waals surface area contributed by atoms with E-state index in [4.69, 9.17) is 0 Å². The molecule has 0 radical (unpaired) electrons. The standard InChI is InChI=1S/C19H19FN4OS/c1-12-21-10-18(26-12)17-9-16(22-23-17)14-3-2-8-24(11-14)19(25)13-4-6-15(20)7-5-13/h4-7,9-10,14H,2-3,8,11H2,1H3,(H,22,23)/t14-/m0/s1. The average molecular weight is 370 g/mol. The van der Waals surface area contributed by atoms with E-state index >= 15 is 0 Å². The van der Waals surface area contributed by atoms with Crippen LogP contribution in [-0.2, 0) is 0 Å². The predicted molar refractivity (Wildman–Crippen MR) is 98.7 cm³/mol. The van der Waals surface area contributed by atoms with Gasteiger partial charge in [-0.05, 0) is 50.1 Å². The summed E-state index contributed by atoms with van der Waals surface area (Å²) in [5.41, 5.74) is 2.47. The van der Waals surface area contributed by atoms with Crippen molar-refractivity contribution in [2.75, 3.05) is 13.1 Å². The van der Waals surface area contributed by atoms with E-state index in [1.807, 2.05) is 18.0 Å². The van der Waals surface area contributed by atoms with Crippen LogP contribution < -0.4 is 0 Å². The van der Waals surface area contributed by atoms with Gasteiger partial charge in [-0.25, -0.2) is 9.37 Å². The number of aromatic nitrogens is 3. The summed E-state index contributed by atoms with van der Waals surface area (Å²) in [6.45, 7) is 3.34. The van der Waals surface area contributed by atoms with Gasteiger partial charge in [0.1, 0.15) is 11.5 Å². The number of hydrogen-bond donors (Lipinski definition) is 1. The van der Waals surface area contributed by atoms with Crippen LogP contribution in [-0.4, -0.2) is 39.1 Å². The molecule has 134 valence electrons. The van der Waals surface area contributed by atoms with Crippen molar-refractivity contribution in [3.63, 3.8) is 0 Å². The van der Waals surface area contributed by atoms with Gasteiger partial charge in [-0.15, -0.1) is 11.3 Å². The molecule has 3 heterocycles. The van der Waals surface area contributed by atoms with Crippen LogP contribution in [0.2, 0.25) is 0 Å². The van der Waals surface area contributed by atoms with E-state index in [1.54, 1.807) is 23.5 Å². The van der Waals surface area contributed by atoms with Gasteiger partial charge in [-0.2, -0.15) is 5.10 Å². The summed E-state index contributed by atoms with van der Waals surface area (Å²) in [7, 11) is 0. The Morgan fingerprint density at radius 3 is 2.88 bits per heavy atom. The number of amides is 1. The van der Waals surface area contributed by atoms with Crippen molar-refractivity contribution in [1.82, 2.24) is 20.1 Å². The van der Waals surface area contributed by atoms with Crippen molar-refractivity contribution in [2.45, 2.75) is 25.7 Å². The van der Waals surface area contributed by atoms with E-state index in [0.29, 0.717) is 12.1 Å². The molecule has 7 heteroatoms. The number of benzene rings is 1. The molecule has 1 aliphatic rings. The fourth-order valence-electron chi connectivity index (χ4n) is 3.34. The highest BCUT2D eigenvalue weighted by molar-refractivity contribution is 7.15. The van der Waals surface area contributed by atoms with Gasteiger partial charge < -0.3 is 4.90 Å². The van der Waals surface area contributed by atoms with E-state index < -0.39 is 0 Å². The SMILES string of the molecule is Cc1ncc(-c2cc([C@H]3CCCN(C(=O)c4ccc(F)cc4)C3)[nH]n2)s1. The first-order valence-corrected chi connectivity index (χ1v) is 9.45. The van der Waals surface area contributed by atoms with Crippen molar-refractivity contribution >= 4 is 17.2 Å². The van der Waals surface area contributed by atoms with Gasteiger partial charge in [0.15, 0.2) is 0 Å². The minimum atomic E-state index is -0.332. The second kappa shape index (κ2) is 6.99. The quantitative estimate of drug-likeness (QED) is 0.758. The molecule has 0 unspecified atom stereocenters. The number of aromatic amines is 1. The topological polar surface area (TPSA) is 61.9 Å². The Bertz CT molecular complexity index is 918. The largest absolute Gasteiger partial charge is 0.338 e. The zero-order valence-electron chi connectivity index (χ0n) is 14.4. The first-order chi connectivity index (χ1) is 12.6. The van der Waals surface area contributed by atoms with Crippen molar-refractivity contribution in [2.24, 2.45) is 0 Å². The summed E-state index contributed by atoms with van der Waals surface area (Å²) in [6, 6.07) is 7.80. The zero-order valence-corrected chi connectivity index (χ0v) is 15.2. The fraction of sp³-hybridized carbons (Fsp3) is 0.316. The van der Waals surface area contributed by atoms with Crippen LogP contribution in [0.15, 0.2) is 36.5 Å². The lowest BCUT2D eigenvalue weighted by atomic mass is 9.94. The number of likely N-dealkylation sites (tertiary alicyclic amines) is 1. The van der Waals surface area contributed by atoms with Gasteiger partial charge in [0.25, 0.3) is 5.91 Å². The number of hydrogen-bond acceptors (Lipinski definition) is 4. The Hall–Kier alpha value is -2.54. The third-order valence-electron chi connectivity index (χ3n) is 4.71. The minimum Gasteiger partial charge on any atom is -0.338 e. The van der Waals surface area contributed by atoms with E-state index in [0.717, 1.165) is 40.7 Å². The van der Waals surface area contributed by atoms with Gasteiger partial charge in [0.2, 0.25) is 0 Å². The van der Waals surface area contributed by atoms with E-state index in [9.17, 15) is 9.18 Å². The van der Waals surface area contributed by atoms with Gasteiger partial charge in [0.05, 0.1) is 9.88 Å². The first-order valence-electron chi connectivity index (χ1n) is 8.63. The predicted octanol–water partition coefficient (Wildman–Crippen LogP) is 4.00. The van der Waals surface area contributed by atoms with Gasteiger partial charge in [-0.1, -0.05) is 0 Å². The van der Waals surface area contributed by atoms with Crippen LogP contribution in [0.1, 0.15) is 39.8 Å². The Balaban J connectivity index is 1.49. The summed E-state index contributed by atoms with van der Waals surface area (Å²) < 4.78 is 13.1. The summed E-state index contributed by atoms with van der Waals surface area (Å²) >= 11 is 1.62. The smallest absolute Gasteiger partial charge is 0.253 e. The number of carbonyl (C=O) groups excluding carboxylic acids is 1. The highest BCUT2D eigenvalue weighted by Gasteiger charge is 2.27. The lowest BCUT2D eigenvalue weighted by molar-refractivity contribution is 0.0706. The molecule has 0 aliphatic carbocycles. The highest BCUT2D eigenvalue weighted by atomic mass is 32.1. The average Bonchev–Trinajstić information content (AvgIpc) is 3.31. The molecular formula is C19H19FN4OS. The maximum atomic E-state index is 13.1. The molecule has 0 saturated carbocycles. The molecule has 1 amide bonds. The molecule has 4 rings (SSSR count). The number of thiazole rings is 1. The Labute approximate surface area is 154 Å². The summed E-state index contributed by atoms with van der Waals surface area (Å²) in [5, 5.41) is 8.56. The number of H-pyrrole nitrogens is 1. The third-order valence-corrected chi connectivity index (χ3v) is 5.65. The van der Waals surface area contributed by atoms with Crippen molar-refractivity contribution in [1.29, 1.82) is 0 Å². The Kier molecular flexibility index (Phi) is 4.55. The lowest BCUT2D eigenvalue weighted by Crippen LogP contribution is -2.39. The van der Waals surface area contributed by atoms with Gasteiger partial charge >= 0.3 is 0 Å². The van der Waals surface area contributed by atoms with E-state index in [1.165, 1.54) is 12.1 Å². The van der Waals surface area contributed by atoms with Crippen LogP contribution in [0.4, 0.5) is 4.39 Å². The lowest BCUT2D eigenvalue weighted by Gasteiger charge is -2.32. The normalized spacial score (nSPS) is 17.5. The number of nitrogens with one attached hydrogen (secondary N) is 1. The van der Waals surface area contributed by atoms with E-state index in [-0.39, 0.29) is 17.6 Å². The molecule has 0 bridgehead atoms. The molecule has 5 nitrogen and oxygen atoms in total. The molecular weight excluding hydrogens is 351 g/mol. The van der Waals surface area contributed by atoms with Crippen LogP contribution in [0.3, 0.4) is 0 Å². The molecule has 1 atom stereocenters. The molecule has 0 spiro atoms. The maximum absolute atomic E-state index is 13.1. The summed E-state index contributed by atoms with van der Waals surface area (Å²) in [4.78, 5) is 19.9. The number of aryl methyl sites for hydroxylation is 1. The molecule has 1 saturated heterocycles. The Morgan fingerprint density at radius 1 is 1.35 bits per heavy atom. The van der Waals surface area contributed by atoms with Crippen molar-refractivity contribution in [3.05, 3.63) is 58.6 Å². The number of rotatable bonds is 3. The zero-order chi connectivity index (χ0) is 18.1. The van der Waals surface area contributed by atoms with E-state index in [2.05, 4.69) is 21.2 Å². The Morgan fingerprint density at radius 2 is 2.15 bits per heavy atom. The number of piperidine rings is 1. The van der Waals surface area contributed by atoms with Gasteiger partial charge in [0, 0.05) is 36.5 Å². The first kappa shape index (κ1) is 16.9. The molecule has 1 aromatic carbocycles. The highest BCUT2D eigenvalue weighted by Crippen LogP contribution is 2.30. The monoisotopic (exact) mass is 370 g/mol. The van der Waals surface area contributed by atoms with Crippen LogP contribution in [0.25, 0.3) is 10.6 Å². The van der Waals surface area contributed by atoms with Gasteiger partial charge in [-0.3, -0.25) is 9.89 Å². The second-order valence-corrected chi connectivity index (χ2v) is 7.78. The summed E-state index contributed by atoms with van der Waals surface area (Å²) in [6.07, 6.45) is 3.79. The second-order valence-electron chi connectivity index (χ2n) is 6.55. The number of halogens is 1. The summed E-state index contributed by atoms with van der Waals surface area (Å²) in [5.74, 6) is -0.155.